The Morgan fingerprint density at radius 1 is 1.31 bits per heavy atom. The van der Waals surface area contributed by atoms with Crippen LogP contribution >= 0.6 is 0 Å². The van der Waals surface area contributed by atoms with Gasteiger partial charge in [0, 0.05) is 0 Å². The smallest absolute Gasteiger partial charge is 0.193 e. The molecule has 0 aromatic carbocycles. The first kappa shape index (κ1) is 15.7. The summed E-state index contributed by atoms with van der Waals surface area (Å²) in [5.74, 6) is 5.72. The Morgan fingerprint density at radius 3 is 2.25 bits per heavy atom. The Morgan fingerprint density at radius 2 is 1.88 bits per heavy atom. The predicted octanol–water partition coefficient (Wildman–Crippen LogP) is 3.17. The highest BCUT2D eigenvalue weighted by Crippen LogP contribution is 2.37. The van der Waals surface area contributed by atoms with E-state index < -0.39 is 8.32 Å². The number of hydrogen-bond donors (Lipinski definition) is 1. The molecule has 2 nitrogen and oxygen atoms in total. The van der Waals surface area contributed by atoms with Crippen molar-refractivity contribution in [2.45, 2.75) is 64.8 Å². The van der Waals surface area contributed by atoms with Gasteiger partial charge in [0.15, 0.2) is 8.32 Å². The average Bonchev–Trinajstić information content (AvgIpc) is 2.12. The van der Waals surface area contributed by atoms with Crippen LogP contribution in [0.3, 0.4) is 0 Å². The van der Waals surface area contributed by atoms with Gasteiger partial charge in [0.2, 0.25) is 0 Å². The highest BCUT2D eigenvalue weighted by atomic mass is 28.4. The molecule has 16 heavy (non-hydrogen) atoms. The van der Waals surface area contributed by atoms with Crippen LogP contribution in [0, 0.1) is 11.8 Å². The van der Waals surface area contributed by atoms with Gasteiger partial charge in [-0.05, 0) is 24.6 Å². The van der Waals surface area contributed by atoms with Crippen LogP contribution in [0.15, 0.2) is 0 Å². The summed E-state index contributed by atoms with van der Waals surface area (Å²) in [6.07, 6.45) is 1.98. The monoisotopic (exact) mass is 242 g/mol. The summed E-state index contributed by atoms with van der Waals surface area (Å²) >= 11 is 0. The van der Waals surface area contributed by atoms with E-state index in [2.05, 4.69) is 52.6 Å². The van der Waals surface area contributed by atoms with E-state index >= 15 is 0 Å². The Hall–Kier alpha value is -0.303. The molecule has 0 saturated heterocycles. The van der Waals surface area contributed by atoms with Crippen LogP contribution in [0.2, 0.25) is 18.1 Å². The molecule has 0 spiro atoms. The molecule has 94 valence electrons. The molecule has 0 rings (SSSR count). The fourth-order valence-electron chi connectivity index (χ4n) is 1.11. The molecular formula is C13H26O2Si. The highest BCUT2D eigenvalue weighted by molar-refractivity contribution is 6.74. The van der Waals surface area contributed by atoms with Crippen LogP contribution in [0.4, 0.5) is 0 Å². The van der Waals surface area contributed by atoms with Gasteiger partial charge in [-0.1, -0.05) is 46.0 Å². The van der Waals surface area contributed by atoms with E-state index in [4.69, 9.17) is 9.53 Å². The van der Waals surface area contributed by atoms with Crippen molar-refractivity contribution in [3.63, 3.8) is 0 Å². The zero-order valence-electron chi connectivity index (χ0n) is 11.6. The minimum Gasteiger partial charge on any atom is -0.403 e. The van der Waals surface area contributed by atoms with E-state index in [9.17, 15) is 0 Å². The van der Waals surface area contributed by atoms with E-state index in [1.807, 2.05) is 0 Å². The second-order valence-corrected chi connectivity index (χ2v) is 10.4. The van der Waals surface area contributed by atoms with E-state index in [0.717, 1.165) is 12.8 Å². The fourth-order valence-corrected chi connectivity index (χ4v) is 2.36. The van der Waals surface area contributed by atoms with Crippen molar-refractivity contribution < 1.29 is 9.53 Å². The first-order valence-electron chi connectivity index (χ1n) is 6.01. The van der Waals surface area contributed by atoms with Gasteiger partial charge in [0.1, 0.15) is 12.7 Å². The first-order valence-corrected chi connectivity index (χ1v) is 8.92. The van der Waals surface area contributed by atoms with Crippen molar-refractivity contribution in [3.05, 3.63) is 0 Å². The van der Waals surface area contributed by atoms with Crippen LogP contribution in [-0.2, 0) is 4.43 Å². The molecule has 0 aromatic heterocycles. The molecule has 0 aliphatic heterocycles. The SMILES string of the molecule is CCCC(C#CCO)O[Si](C)(C)C(C)(C)C. The quantitative estimate of drug-likeness (QED) is 0.606. The maximum atomic E-state index is 8.72. The molecule has 0 saturated carbocycles. The zero-order chi connectivity index (χ0) is 12.8. The van der Waals surface area contributed by atoms with Gasteiger partial charge in [0.25, 0.3) is 0 Å². The van der Waals surface area contributed by atoms with E-state index in [1.54, 1.807) is 0 Å². The summed E-state index contributed by atoms with van der Waals surface area (Å²) in [6.45, 7) is 13.2. The normalized spacial score (nSPS) is 14.2. The maximum Gasteiger partial charge on any atom is 0.193 e. The van der Waals surface area contributed by atoms with E-state index in [1.165, 1.54) is 0 Å². The average molecular weight is 242 g/mol. The number of hydrogen-bond acceptors (Lipinski definition) is 2. The molecule has 0 aliphatic rings. The molecule has 0 amide bonds. The molecule has 0 heterocycles. The summed E-state index contributed by atoms with van der Waals surface area (Å²) in [4.78, 5) is 0. The predicted molar refractivity (Wildman–Crippen MR) is 71.8 cm³/mol. The summed E-state index contributed by atoms with van der Waals surface area (Å²) < 4.78 is 6.20. The summed E-state index contributed by atoms with van der Waals surface area (Å²) in [5.41, 5.74) is 0. The second kappa shape index (κ2) is 6.44. The molecule has 0 fully saturated rings. The van der Waals surface area contributed by atoms with Crippen LogP contribution in [0.5, 0.6) is 0 Å². The molecule has 3 heteroatoms. The lowest BCUT2D eigenvalue weighted by atomic mass is 10.2. The Bertz CT molecular complexity index is 255. The number of aliphatic hydroxyl groups is 1. The van der Waals surface area contributed by atoms with Crippen molar-refractivity contribution >= 4 is 8.32 Å². The third-order valence-electron chi connectivity index (χ3n) is 3.14. The van der Waals surface area contributed by atoms with E-state index in [0.29, 0.717) is 0 Å². The third-order valence-corrected chi connectivity index (χ3v) is 7.62. The second-order valence-electron chi connectivity index (χ2n) is 5.63. The van der Waals surface area contributed by atoms with Gasteiger partial charge < -0.3 is 9.53 Å². The van der Waals surface area contributed by atoms with E-state index in [-0.39, 0.29) is 17.7 Å². The molecule has 0 aliphatic carbocycles. The highest BCUT2D eigenvalue weighted by Gasteiger charge is 2.38. The number of aliphatic hydroxyl groups excluding tert-OH is 1. The lowest BCUT2D eigenvalue weighted by Gasteiger charge is -2.38. The molecule has 1 N–H and O–H groups in total. The minimum atomic E-state index is -1.74. The Balaban J connectivity index is 4.62. The van der Waals surface area contributed by atoms with Gasteiger partial charge >= 0.3 is 0 Å². The van der Waals surface area contributed by atoms with Crippen LogP contribution in [0.1, 0.15) is 40.5 Å². The van der Waals surface area contributed by atoms with Gasteiger partial charge in [0.05, 0.1) is 0 Å². The first-order chi connectivity index (χ1) is 7.24. The molecular weight excluding hydrogens is 216 g/mol. The standard InChI is InChI=1S/C13H26O2Si/c1-7-9-12(10-8-11-14)15-16(5,6)13(2,3)4/h12,14H,7,9,11H2,1-6H3. The molecule has 0 aromatic rings. The minimum absolute atomic E-state index is 0.0157. The van der Waals surface area contributed by atoms with Gasteiger partial charge in [-0.15, -0.1) is 0 Å². The van der Waals surface area contributed by atoms with Gasteiger partial charge in [-0.25, -0.2) is 0 Å². The Labute approximate surface area is 102 Å². The lowest BCUT2D eigenvalue weighted by molar-refractivity contribution is 0.222. The lowest BCUT2D eigenvalue weighted by Crippen LogP contribution is -2.43. The zero-order valence-corrected chi connectivity index (χ0v) is 12.6. The van der Waals surface area contributed by atoms with Gasteiger partial charge in [-0.3, -0.25) is 0 Å². The molecule has 1 atom stereocenters. The third kappa shape index (κ3) is 5.15. The van der Waals surface area contributed by atoms with Crippen molar-refractivity contribution in [2.24, 2.45) is 0 Å². The van der Waals surface area contributed by atoms with Crippen LogP contribution in [0.25, 0.3) is 0 Å². The van der Waals surface area contributed by atoms with Crippen molar-refractivity contribution in [3.8, 4) is 11.8 Å². The molecule has 1 unspecified atom stereocenters. The maximum absolute atomic E-state index is 8.72. The molecule has 0 radical (unpaired) electrons. The van der Waals surface area contributed by atoms with Gasteiger partial charge in [-0.2, -0.15) is 0 Å². The summed E-state index contributed by atoms with van der Waals surface area (Å²) in [7, 11) is -1.74. The topological polar surface area (TPSA) is 29.5 Å². The Kier molecular flexibility index (Phi) is 6.31. The van der Waals surface area contributed by atoms with Crippen molar-refractivity contribution in [2.75, 3.05) is 6.61 Å². The van der Waals surface area contributed by atoms with Crippen LogP contribution in [-0.4, -0.2) is 26.1 Å². The summed E-state index contributed by atoms with van der Waals surface area (Å²) in [6, 6.07) is 0. The molecule has 0 bridgehead atoms. The fraction of sp³-hybridized carbons (Fsp3) is 0.846. The number of rotatable bonds is 4. The van der Waals surface area contributed by atoms with Crippen LogP contribution < -0.4 is 0 Å². The van der Waals surface area contributed by atoms with Crippen molar-refractivity contribution in [1.82, 2.24) is 0 Å². The largest absolute Gasteiger partial charge is 0.403 e. The van der Waals surface area contributed by atoms with Crippen molar-refractivity contribution in [1.29, 1.82) is 0 Å². The summed E-state index contributed by atoms with van der Waals surface area (Å²) in [5, 5.41) is 8.93.